The molecule has 3 heterocycles. The Hall–Kier alpha value is -3.81. The number of rotatable bonds is 4. The Bertz CT molecular complexity index is 1260. The smallest absolute Gasteiger partial charge is 0.254 e. The lowest BCUT2D eigenvalue weighted by Gasteiger charge is -2.35. The monoisotopic (exact) mass is 430 g/mol. The van der Waals surface area contributed by atoms with Gasteiger partial charge in [0, 0.05) is 38.2 Å². The summed E-state index contributed by atoms with van der Waals surface area (Å²) in [6, 6.07) is 15.8. The van der Waals surface area contributed by atoms with Gasteiger partial charge in [-0.3, -0.25) is 4.79 Å². The molecule has 4 aromatic rings. The molecule has 0 radical (unpaired) electrons. The van der Waals surface area contributed by atoms with Crippen molar-refractivity contribution in [2.75, 3.05) is 31.1 Å². The maximum atomic E-state index is 13.5. The van der Waals surface area contributed by atoms with Crippen molar-refractivity contribution in [1.82, 2.24) is 24.6 Å². The minimum absolute atomic E-state index is 0.150. The molecule has 1 aliphatic heterocycles. The van der Waals surface area contributed by atoms with Crippen molar-refractivity contribution in [1.29, 1.82) is 0 Å². The second-order valence-corrected chi connectivity index (χ2v) is 7.74. The summed E-state index contributed by atoms with van der Waals surface area (Å²) < 4.78 is 15.4. The van der Waals surface area contributed by atoms with Crippen LogP contribution in [0.1, 0.15) is 23.1 Å². The number of carbonyl (C=O) groups excluding carboxylic acids is 1. The van der Waals surface area contributed by atoms with Gasteiger partial charge in [0.25, 0.3) is 5.91 Å². The van der Waals surface area contributed by atoms with Crippen molar-refractivity contribution in [3.05, 3.63) is 78.0 Å². The zero-order valence-electron chi connectivity index (χ0n) is 17.8. The van der Waals surface area contributed by atoms with Crippen LogP contribution in [0.4, 0.5) is 10.2 Å². The minimum Gasteiger partial charge on any atom is -0.352 e. The number of halogens is 1. The Balaban J connectivity index is 1.42. The molecule has 32 heavy (non-hydrogen) atoms. The first kappa shape index (κ1) is 20.1. The lowest BCUT2D eigenvalue weighted by atomic mass is 10.1. The van der Waals surface area contributed by atoms with E-state index in [1.54, 1.807) is 23.2 Å². The summed E-state index contributed by atoms with van der Waals surface area (Å²) in [5, 5.41) is 5.46. The summed E-state index contributed by atoms with van der Waals surface area (Å²) >= 11 is 0. The van der Waals surface area contributed by atoms with E-state index in [2.05, 4.69) is 10.00 Å². The van der Waals surface area contributed by atoms with Crippen LogP contribution >= 0.6 is 0 Å². The van der Waals surface area contributed by atoms with Crippen LogP contribution in [0, 0.1) is 5.82 Å². The largest absolute Gasteiger partial charge is 0.352 e. The summed E-state index contributed by atoms with van der Waals surface area (Å²) in [6.45, 7) is 4.37. The number of piperazine rings is 1. The molecule has 1 saturated heterocycles. The lowest BCUT2D eigenvalue weighted by Crippen LogP contribution is -2.49. The Morgan fingerprint density at radius 2 is 1.78 bits per heavy atom. The van der Waals surface area contributed by atoms with Crippen LogP contribution in [0.25, 0.3) is 16.7 Å². The average molecular weight is 430 g/mol. The topological polar surface area (TPSA) is 67.2 Å². The van der Waals surface area contributed by atoms with Gasteiger partial charge >= 0.3 is 0 Å². The van der Waals surface area contributed by atoms with E-state index < -0.39 is 5.82 Å². The molecule has 2 aromatic carbocycles. The summed E-state index contributed by atoms with van der Waals surface area (Å²) in [5.74, 6) is 1.04. The number of benzene rings is 2. The van der Waals surface area contributed by atoms with Gasteiger partial charge in [-0.05, 0) is 30.3 Å². The van der Waals surface area contributed by atoms with Crippen LogP contribution in [0.2, 0.25) is 0 Å². The Kier molecular flexibility index (Phi) is 5.26. The highest BCUT2D eigenvalue weighted by Crippen LogP contribution is 2.27. The Morgan fingerprint density at radius 3 is 2.50 bits per heavy atom. The number of aryl methyl sites for hydroxylation is 1. The van der Waals surface area contributed by atoms with E-state index in [9.17, 15) is 9.18 Å². The first-order chi connectivity index (χ1) is 15.6. The fourth-order valence-electron chi connectivity index (χ4n) is 4.02. The molecule has 1 aliphatic rings. The molecule has 0 unspecified atom stereocenters. The van der Waals surface area contributed by atoms with E-state index in [4.69, 9.17) is 9.97 Å². The maximum absolute atomic E-state index is 13.5. The minimum atomic E-state index is -0.402. The maximum Gasteiger partial charge on any atom is 0.254 e. The number of aromatic nitrogens is 4. The molecule has 0 bridgehead atoms. The van der Waals surface area contributed by atoms with Gasteiger partial charge in [0.05, 0.1) is 17.3 Å². The van der Waals surface area contributed by atoms with Crippen molar-refractivity contribution in [3.8, 4) is 5.69 Å². The number of amides is 1. The highest BCUT2D eigenvalue weighted by molar-refractivity contribution is 5.94. The fourth-order valence-corrected chi connectivity index (χ4v) is 4.02. The van der Waals surface area contributed by atoms with Crippen molar-refractivity contribution >= 4 is 22.8 Å². The van der Waals surface area contributed by atoms with Gasteiger partial charge in [0.2, 0.25) is 0 Å². The summed E-state index contributed by atoms with van der Waals surface area (Å²) in [7, 11) is 0. The highest BCUT2D eigenvalue weighted by Gasteiger charge is 2.25. The van der Waals surface area contributed by atoms with Crippen LogP contribution < -0.4 is 4.90 Å². The summed E-state index contributed by atoms with van der Waals surface area (Å²) in [6.07, 6.45) is 2.52. The molecule has 162 valence electrons. The summed E-state index contributed by atoms with van der Waals surface area (Å²) in [4.78, 5) is 26.2. The third-order valence-electron chi connectivity index (χ3n) is 5.71. The molecule has 0 spiro atoms. The Labute approximate surface area is 185 Å². The predicted molar refractivity (Wildman–Crippen MR) is 121 cm³/mol. The predicted octanol–water partition coefficient (Wildman–Crippen LogP) is 3.48. The quantitative estimate of drug-likeness (QED) is 0.496. The van der Waals surface area contributed by atoms with Gasteiger partial charge in [-0.2, -0.15) is 5.10 Å². The van der Waals surface area contributed by atoms with Crippen LogP contribution in [0.15, 0.2) is 60.8 Å². The fraction of sp³-hybridized carbons (Fsp3) is 0.250. The Morgan fingerprint density at radius 1 is 1.00 bits per heavy atom. The number of para-hydroxylation sites is 1. The van der Waals surface area contributed by atoms with Gasteiger partial charge < -0.3 is 9.80 Å². The molecule has 0 N–H and O–H groups in total. The molecule has 8 heteroatoms. The molecular formula is C24H23FN6O. The number of anilines is 1. The third-order valence-corrected chi connectivity index (χ3v) is 5.71. The van der Waals surface area contributed by atoms with Crippen molar-refractivity contribution < 1.29 is 9.18 Å². The SMILES string of the molecule is CCc1nc(N2CCN(C(=O)c3cccc(F)c3)CC2)c2cnn(-c3ccccc3)c2n1. The number of fused-ring (bicyclic) bond motifs is 1. The standard InChI is InChI=1S/C24H23FN6O/c1-2-21-27-22(20-16-26-31(23(20)28-21)19-9-4-3-5-10-19)29-11-13-30(14-12-29)24(32)17-7-6-8-18(25)15-17/h3-10,15-16H,2,11-14H2,1H3. The van der Waals surface area contributed by atoms with Gasteiger partial charge in [-0.15, -0.1) is 0 Å². The number of hydrogen-bond donors (Lipinski definition) is 0. The van der Waals surface area contributed by atoms with Gasteiger partial charge in [-0.25, -0.2) is 19.0 Å². The molecule has 1 amide bonds. The zero-order chi connectivity index (χ0) is 22.1. The van der Waals surface area contributed by atoms with Crippen LogP contribution in [0.5, 0.6) is 0 Å². The molecule has 0 atom stereocenters. The highest BCUT2D eigenvalue weighted by atomic mass is 19.1. The first-order valence-corrected chi connectivity index (χ1v) is 10.7. The van der Waals surface area contributed by atoms with Crippen molar-refractivity contribution in [2.45, 2.75) is 13.3 Å². The van der Waals surface area contributed by atoms with Crippen LogP contribution in [-0.4, -0.2) is 56.7 Å². The number of nitrogens with zero attached hydrogens (tertiary/aromatic N) is 6. The first-order valence-electron chi connectivity index (χ1n) is 10.7. The van der Waals surface area contributed by atoms with E-state index in [-0.39, 0.29) is 5.91 Å². The van der Waals surface area contributed by atoms with E-state index in [1.165, 1.54) is 12.1 Å². The van der Waals surface area contributed by atoms with Crippen molar-refractivity contribution in [3.63, 3.8) is 0 Å². The molecule has 7 nitrogen and oxygen atoms in total. The molecule has 0 aliphatic carbocycles. The normalized spacial score (nSPS) is 14.2. The number of hydrogen-bond acceptors (Lipinski definition) is 5. The molecule has 2 aromatic heterocycles. The van der Waals surface area contributed by atoms with E-state index in [0.717, 1.165) is 28.4 Å². The van der Waals surface area contributed by atoms with Crippen LogP contribution in [-0.2, 0) is 6.42 Å². The van der Waals surface area contributed by atoms with Gasteiger partial charge in [0.1, 0.15) is 17.5 Å². The second-order valence-electron chi connectivity index (χ2n) is 7.74. The second kappa shape index (κ2) is 8.37. The van der Waals surface area contributed by atoms with Gasteiger partial charge in [-0.1, -0.05) is 31.2 Å². The molecule has 0 saturated carbocycles. The molecular weight excluding hydrogens is 407 g/mol. The van der Waals surface area contributed by atoms with E-state index >= 15 is 0 Å². The summed E-state index contributed by atoms with van der Waals surface area (Å²) in [5.41, 5.74) is 2.09. The molecule has 1 fully saturated rings. The van der Waals surface area contributed by atoms with Crippen molar-refractivity contribution in [2.24, 2.45) is 0 Å². The zero-order valence-corrected chi connectivity index (χ0v) is 17.8. The lowest BCUT2D eigenvalue weighted by molar-refractivity contribution is 0.0746. The van der Waals surface area contributed by atoms with E-state index in [0.29, 0.717) is 38.2 Å². The van der Waals surface area contributed by atoms with Crippen LogP contribution in [0.3, 0.4) is 0 Å². The van der Waals surface area contributed by atoms with E-state index in [1.807, 2.05) is 41.9 Å². The van der Waals surface area contributed by atoms with Gasteiger partial charge in [0.15, 0.2) is 5.65 Å². The number of carbonyl (C=O) groups is 1. The average Bonchev–Trinajstić information content (AvgIpc) is 3.27. The third kappa shape index (κ3) is 3.68. The molecule has 5 rings (SSSR count).